The van der Waals surface area contributed by atoms with Crippen LogP contribution >= 0.6 is 0 Å². The summed E-state index contributed by atoms with van der Waals surface area (Å²) in [7, 11) is 1.45. The highest BCUT2D eigenvalue weighted by molar-refractivity contribution is 6.47. The first-order valence-electron chi connectivity index (χ1n) is 6.48. The maximum Gasteiger partial charge on any atom is 0.332 e. The number of aryl methyl sites for hydroxylation is 1. The highest BCUT2D eigenvalue weighted by Crippen LogP contribution is 2.24. The van der Waals surface area contributed by atoms with E-state index in [1.165, 1.54) is 13.5 Å². The molecule has 2 aromatic rings. The van der Waals surface area contributed by atoms with E-state index in [0.29, 0.717) is 11.1 Å². The minimum absolute atomic E-state index is 0.293. The molecule has 0 unspecified atom stereocenters. The van der Waals surface area contributed by atoms with E-state index in [-0.39, 0.29) is 0 Å². The average Bonchev–Trinajstić information content (AvgIpc) is 2.66. The molecule has 0 saturated carbocycles. The molecule has 4 nitrogen and oxygen atoms in total. The van der Waals surface area contributed by atoms with Gasteiger partial charge in [-0.2, -0.15) is 0 Å². The van der Waals surface area contributed by atoms with Crippen LogP contribution in [0.3, 0.4) is 0 Å². The molecule has 0 aliphatic heterocycles. The molecule has 0 spiro atoms. The van der Waals surface area contributed by atoms with Gasteiger partial charge in [-0.25, -0.2) is 9.37 Å². The third-order valence-electron chi connectivity index (χ3n) is 3.61. The van der Waals surface area contributed by atoms with E-state index in [2.05, 4.69) is 4.98 Å². The molecule has 0 aliphatic rings. The molecule has 2 aromatic heterocycles. The maximum atomic E-state index is 13.9. The van der Waals surface area contributed by atoms with Gasteiger partial charge < -0.3 is 14.2 Å². The number of aromatic nitrogens is 2. The van der Waals surface area contributed by atoms with Crippen molar-refractivity contribution in [3.8, 4) is 0 Å². The monoisotopic (exact) mass is 277 g/mol. The average molecular weight is 277 g/mol. The van der Waals surface area contributed by atoms with Gasteiger partial charge in [0.05, 0.1) is 16.9 Å². The Labute approximate surface area is 118 Å². The SMILES string of the molecule is Cc1cn2cc([B]OC(C)(C)C(C)(C)O)cc(F)c2n1. The van der Waals surface area contributed by atoms with Crippen LogP contribution in [-0.4, -0.2) is 33.2 Å². The molecule has 0 atom stereocenters. The summed E-state index contributed by atoms with van der Waals surface area (Å²) in [4.78, 5) is 4.10. The van der Waals surface area contributed by atoms with Gasteiger partial charge in [-0.15, -0.1) is 0 Å². The van der Waals surface area contributed by atoms with E-state index in [1.54, 1.807) is 44.5 Å². The van der Waals surface area contributed by atoms with Crippen LogP contribution in [0.1, 0.15) is 33.4 Å². The zero-order chi connectivity index (χ0) is 15.1. The molecule has 1 radical (unpaired) electrons. The second kappa shape index (κ2) is 4.86. The van der Waals surface area contributed by atoms with Crippen LogP contribution in [-0.2, 0) is 4.65 Å². The fraction of sp³-hybridized carbons (Fsp3) is 0.500. The molecule has 107 valence electrons. The lowest BCUT2D eigenvalue weighted by atomic mass is 9.83. The molecule has 2 heterocycles. The van der Waals surface area contributed by atoms with Gasteiger partial charge in [-0.3, -0.25) is 0 Å². The zero-order valence-electron chi connectivity index (χ0n) is 12.4. The van der Waals surface area contributed by atoms with Crippen LogP contribution < -0.4 is 5.46 Å². The Bertz CT molecular complexity index is 632. The Morgan fingerprint density at radius 1 is 1.30 bits per heavy atom. The third kappa shape index (κ3) is 2.86. The Kier molecular flexibility index (Phi) is 3.65. The quantitative estimate of drug-likeness (QED) is 0.863. The van der Waals surface area contributed by atoms with Crippen molar-refractivity contribution in [2.45, 2.75) is 45.8 Å². The Morgan fingerprint density at radius 2 is 1.95 bits per heavy atom. The van der Waals surface area contributed by atoms with Crippen LogP contribution in [0, 0.1) is 12.7 Å². The molecule has 20 heavy (non-hydrogen) atoms. The predicted octanol–water partition coefficient (Wildman–Crippen LogP) is 1.59. The largest absolute Gasteiger partial charge is 0.427 e. The van der Waals surface area contributed by atoms with Crippen LogP contribution in [0.5, 0.6) is 0 Å². The molecule has 0 aliphatic carbocycles. The Balaban J connectivity index is 2.22. The van der Waals surface area contributed by atoms with Crippen molar-refractivity contribution in [3.05, 3.63) is 30.0 Å². The summed E-state index contributed by atoms with van der Waals surface area (Å²) in [5.74, 6) is -0.406. The Hall–Kier alpha value is -1.40. The number of halogens is 1. The molecule has 0 amide bonds. The topological polar surface area (TPSA) is 46.8 Å². The first kappa shape index (κ1) is 15.0. The second-order valence-electron chi connectivity index (χ2n) is 6.04. The molecular formula is C14H19BFN2O2. The summed E-state index contributed by atoms with van der Waals surface area (Å²) in [6, 6.07) is 1.36. The summed E-state index contributed by atoms with van der Waals surface area (Å²) in [6.07, 6.45) is 3.48. The zero-order valence-corrected chi connectivity index (χ0v) is 12.4. The van der Waals surface area contributed by atoms with E-state index in [0.717, 1.165) is 5.69 Å². The lowest BCUT2D eigenvalue weighted by Crippen LogP contribution is -2.49. The highest BCUT2D eigenvalue weighted by atomic mass is 19.1. The van der Waals surface area contributed by atoms with Crippen LogP contribution in [0.4, 0.5) is 4.39 Å². The van der Waals surface area contributed by atoms with E-state index in [1.807, 2.05) is 6.92 Å². The molecule has 0 saturated heterocycles. The molecule has 2 rings (SSSR count). The predicted molar refractivity (Wildman–Crippen MR) is 76.7 cm³/mol. The normalized spacial score (nSPS) is 12.9. The molecular weight excluding hydrogens is 258 g/mol. The van der Waals surface area contributed by atoms with Crippen molar-refractivity contribution in [1.82, 2.24) is 9.38 Å². The minimum Gasteiger partial charge on any atom is -0.427 e. The first-order valence-corrected chi connectivity index (χ1v) is 6.48. The van der Waals surface area contributed by atoms with Crippen molar-refractivity contribution in [2.24, 2.45) is 0 Å². The van der Waals surface area contributed by atoms with Crippen LogP contribution in [0.15, 0.2) is 18.5 Å². The van der Waals surface area contributed by atoms with Gasteiger partial charge in [0, 0.05) is 12.4 Å². The van der Waals surface area contributed by atoms with Crippen LogP contribution in [0.25, 0.3) is 5.65 Å². The number of aliphatic hydroxyl groups is 1. The Morgan fingerprint density at radius 3 is 2.55 bits per heavy atom. The van der Waals surface area contributed by atoms with Gasteiger partial charge in [0.15, 0.2) is 11.5 Å². The van der Waals surface area contributed by atoms with Gasteiger partial charge in [-0.1, -0.05) is 0 Å². The van der Waals surface area contributed by atoms with Gasteiger partial charge >= 0.3 is 7.48 Å². The van der Waals surface area contributed by atoms with Gasteiger partial charge in [0.2, 0.25) is 0 Å². The number of pyridine rings is 1. The first-order chi connectivity index (χ1) is 9.10. The van der Waals surface area contributed by atoms with Crippen molar-refractivity contribution < 1.29 is 14.2 Å². The summed E-state index contributed by atoms with van der Waals surface area (Å²) in [6.45, 7) is 8.71. The number of rotatable bonds is 4. The van der Waals surface area contributed by atoms with Gasteiger partial charge in [0.25, 0.3) is 0 Å². The number of hydrogen-bond donors (Lipinski definition) is 1. The molecule has 0 bridgehead atoms. The summed E-state index contributed by atoms with van der Waals surface area (Å²) in [5.41, 5.74) is -0.189. The van der Waals surface area contributed by atoms with Crippen LogP contribution in [0.2, 0.25) is 0 Å². The van der Waals surface area contributed by atoms with E-state index in [9.17, 15) is 9.50 Å². The van der Waals surface area contributed by atoms with Crippen molar-refractivity contribution in [3.63, 3.8) is 0 Å². The molecule has 0 fully saturated rings. The second-order valence-corrected chi connectivity index (χ2v) is 6.04. The summed E-state index contributed by atoms with van der Waals surface area (Å²) in [5, 5.41) is 10.0. The third-order valence-corrected chi connectivity index (χ3v) is 3.61. The maximum absolute atomic E-state index is 13.9. The van der Waals surface area contributed by atoms with E-state index < -0.39 is 17.0 Å². The minimum atomic E-state index is -1.02. The van der Waals surface area contributed by atoms with E-state index >= 15 is 0 Å². The number of fused-ring (bicyclic) bond motifs is 1. The lowest BCUT2D eigenvalue weighted by molar-refractivity contribution is -0.0893. The highest BCUT2D eigenvalue weighted by Gasteiger charge is 2.35. The van der Waals surface area contributed by atoms with Crippen molar-refractivity contribution in [1.29, 1.82) is 0 Å². The van der Waals surface area contributed by atoms with Crippen molar-refractivity contribution >= 4 is 18.6 Å². The smallest absolute Gasteiger partial charge is 0.332 e. The fourth-order valence-electron chi connectivity index (χ4n) is 1.62. The number of hydrogen-bond acceptors (Lipinski definition) is 3. The lowest BCUT2D eigenvalue weighted by Gasteiger charge is -2.37. The number of imidazole rings is 1. The standard InChI is InChI=1S/C14H19BFN2O2/c1-9-7-18-8-10(6-11(16)12(18)17-9)15-20-14(4,5)13(2,3)19/h6-8,19H,1-5H3. The molecule has 6 heteroatoms. The van der Waals surface area contributed by atoms with E-state index in [4.69, 9.17) is 4.65 Å². The van der Waals surface area contributed by atoms with Gasteiger partial charge in [0.1, 0.15) is 0 Å². The fourth-order valence-corrected chi connectivity index (χ4v) is 1.62. The molecule has 0 aromatic carbocycles. The summed E-state index contributed by atoms with van der Waals surface area (Å²) < 4.78 is 21.1. The summed E-state index contributed by atoms with van der Waals surface area (Å²) >= 11 is 0. The van der Waals surface area contributed by atoms with Gasteiger partial charge in [-0.05, 0) is 46.1 Å². The number of nitrogens with zero attached hydrogens (tertiary/aromatic N) is 2. The van der Waals surface area contributed by atoms with Crippen molar-refractivity contribution in [2.75, 3.05) is 0 Å². The molecule has 1 N–H and O–H groups in total.